The zero-order chi connectivity index (χ0) is 15.1. The Morgan fingerprint density at radius 2 is 2.00 bits per heavy atom. The normalized spacial score (nSPS) is 10.2. The van der Waals surface area contributed by atoms with Crippen LogP contribution in [0.1, 0.15) is 12.7 Å². The Bertz CT molecular complexity index is 592. The molecule has 0 fully saturated rings. The summed E-state index contributed by atoms with van der Waals surface area (Å²) in [6.45, 7) is 2.77. The molecule has 1 aromatic heterocycles. The lowest BCUT2D eigenvalue weighted by atomic mass is 10.3. The van der Waals surface area contributed by atoms with Crippen molar-refractivity contribution in [1.82, 2.24) is 9.97 Å². The fourth-order valence-corrected chi connectivity index (χ4v) is 1.64. The highest BCUT2D eigenvalue weighted by molar-refractivity contribution is 5.40. The number of hydrazine groups is 1. The van der Waals surface area contributed by atoms with E-state index in [2.05, 4.69) is 15.4 Å². The average Bonchev–Trinajstić information content (AvgIpc) is 2.52. The van der Waals surface area contributed by atoms with Crippen LogP contribution in [-0.4, -0.2) is 23.7 Å². The molecule has 7 nitrogen and oxygen atoms in total. The van der Waals surface area contributed by atoms with E-state index in [0.717, 1.165) is 0 Å². The summed E-state index contributed by atoms with van der Waals surface area (Å²) in [5.74, 6) is 8.03. The molecule has 1 heterocycles. The molecule has 0 saturated heterocycles. The number of nitrogen functional groups attached to an aromatic ring is 1. The highest BCUT2D eigenvalue weighted by atomic mass is 16.5. The first-order chi connectivity index (χ1) is 10.2. The van der Waals surface area contributed by atoms with Crippen LogP contribution >= 0.6 is 0 Å². The van der Waals surface area contributed by atoms with Gasteiger partial charge in [-0.05, 0) is 19.1 Å². The predicted octanol–water partition coefficient (Wildman–Crippen LogP) is 2.10. The van der Waals surface area contributed by atoms with Gasteiger partial charge in [0.15, 0.2) is 5.82 Å². The molecule has 0 spiro atoms. The van der Waals surface area contributed by atoms with E-state index in [1.807, 2.05) is 25.1 Å². The van der Waals surface area contributed by atoms with E-state index in [0.29, 0.717) is 42.2 Å². The Morgan fingerprint density at radius 1 is 1.19 bits per heavy atom. The van der Waals surface area contributed by atoms with E-state index in [1.165, 1.54) is 0 Å². The zero-order valence-electron chi connectivity index (χ0n) is 12.0. The van der Waals surface area contributed by atoms with Crippen molar-refractivity contribution in [2.24, 2.45) is 5.84 Å². The monoisotopic (exact) mass is 290 g/mol. The highest BCUT2D eigenvalue weighted by Gasteiger charge is 2.07. The molecule has 7 heteroatoms. The van der Waals surface area contributed by atoms with Crippen molar-refractivity contribution >= 4 is 5.82 Å². The number of nitrogens with zero attached hydrogens (tertiary/aromatic N) is 2. The molecule has 0 bridgehead atoms. The number of benzene rings is 1. The molecular weight excluding hydrogens is 272 g/mol. The first-order valence-electron chi connectivity index (χ1n) is 6.49. The summed E-state index contributed by atoms with van der Waals surface area (Å²) < 4.78 is 16.1. The molecule has 0 amide bonds. The van der Waals surface area contributed by atoms with Gasteiger partial charge >= 0.3 is 0 Å². The zero-order valence-corrected chi connectivity index (χ0v) is 12.0. The number of hydrogen-bond donors (Lipinski definition) is 2. The third-order valence-corrected chi connectivity index (χ3v) is 2.60. The summed E-state index contributed by atoms with van der Waals surface area (Å²) in [5, 5.41) is 0. The van der Waals surface area contributed by atoms with E-state index in [4.69, 9.17) is 20.1 Å². The van der Waals surface area contributed by atoms with Crippen LogP contribution in [-0.2, 0) is 11.3 Å². The molecule has 112 valence electrons. The molecule has 2 aromatic rings. The minimum atomic E-state index is 0.292. The smallest absolute Gasteiger partial charge is 0.224 e. The molecule has 0 saturated carbocycles. The van der Waals surface area contributed by atoms with Crippen molar-refractivity contribution in [3.05, 3.63) is 36.2 Å². The summed E-state index contributed by atoms with van der Waals surface area (Å²) in [5.41, 5.74) is 2.48. The molecule has 0 aliphatic heterocycles. The summed E-state index contributed by atoms with van der Waals surface area (Å²) in [7, 11) is 1.60. The molecule has 2 rings (SSSR count). The van der Waals surface area contributed by atoms with Gasteiger partial charge in [-0.3, -0.25) is 0 Å². The summed E-state index contributed by atoms with van der Waals surface area (Å²) in [4.78, 5) is 8.46. The number of hydrogen-bond acceptors (Lipinski definition) is 7. The quantitative estimate of drug-likeness (QED) is 0.596. The van der Waals surface area contributed by atoms with Gasteiger partial charge in [-0.2, -0.15) is 4.98 Å². The molecule has 0 atom stereocenters. The Balaban J connectivity index is 2.21. The van der Waals surface area contributed by atoms with Gasteiger partial charge in [0.05, 0.1) is 7.11 Å². The second-order valence-corrected chi connectivity index (χ2v) is 4.07. The van der Waals surface area contributed by atoms with Crippen molar-refractivity contribution in [1.29, 1.82) is 0 Å². The topological polar surface area (TPSA) is 91.5 Å². The van der Waals surface area contributed by atoms with E-state index < -0.39 is 0 Å². The Morgan fingerprint density at radius 3 is 2.71 bits per heavy atom. The maximum atomic E-state index is 5.70. The Hall–Kier alpha value is -2.38. The van der Waals surface area contributed by atoms with Crippen LogP contribution in [0.5, 0.6) is 17.4 Å². The summed E-state index contributed by atoms with van der Waals surface area (Å²) in [6, 6.07) is 8.84. The second-order valence-electron chi connectivity index (χ2n) is 4.07. The fraction of sp³-hybridized carbons (Fsp3) is 0.286. The van der Waals surface area contributed by atoms with E-state index in [1.54, 1.807) is 19.2 Å². The van der Waals surface area contributed by atoms with Crippen molar-refractivity contribution in [2.45, 2.75) is 13.5 Å². The second kappa shape index (κ2) is 7.41. The van der Waals surface area contributed by atoms with Crippen LogP contribution in [0.3, 0.4) is 0 Å². The van der Waals surface area contributed by atoms with Gasteiger partial charge in [-0.1, -0.05) is 6.07 Å². The molecule has 21 heavy (non-hydrogen) atoms. The number of rotatable bonds is 7. The van der Waals surface area contributed by atoms with Gasteiger partial charge in [-0.25, -0.2) is 10.8 Å². The molecular formula is C14H18N4O3. The van der Waals surface area contributed by atoms with Crippen molar-refractivity contribution in [3.8, 4) is 17.4 Å². The molecule has 0 aliphatic rings. The van der Waals surface area contributed by atoms with E-state index >= 15 is 0 Å². The lowest BCUT2D eigenvalue weighted by molar-refractivity contribution is 0.128. The number of anilines is 1. The minimum Gasteiger partial charge on any atom is -0.497 e. The number of nitrogens with two attached hydrogens (primary N) is 1. The molecule has 0 unspecified atom stereocenters. The highest BCUT2D eigenvalue weighted by Crippen LogP contribution is 2.25. The third-order valence-electron chi connectivity index (χ3n) is 2.60. The fourth-order valence-electron chi connectivity index (χ4n) is 1.64. The molecule has 3 N–H and O–H groups in total. The van der Waals surface area contributed by atoms with Crippen LogP contribution in [0.25, 0.3) is 0 Å². The van der Waals surface area contributed by atoms with Gasteiger partial charge in [0.25, 0.3) is 0 Å². The van der Waals surface area contributed by atoms with Crippen LogP contribution in [0.15, 0.2) is 30.3 Å². The Kier molecular flexibility index (Phi) is 5.30. The van der Waals surface area contributed by atoms with Crippen molar-refractivity contribution in [2.75, 3.05) is 19.1 Å². The van der Waals surface area contributed by atoms with E-state index in [-0.39, 0.29) is 0 Å². The Labute approximate surface area is 123 Å². The van der Waals surface area contributed by atoms with Crippen LogP contribution in [0.2, 0.25) is 0 Å². The minimum absolute atomic E-state index is 0.292. The van der Waals surface area contributed by atoms with Gasteiger partial charge < -0.3 is 19.6 Å². The van der Waals surface area contributed by atoms with Gasteiger partial charge in [0, 0.05) is 18.7 Å². The van der Waals surface area contributed by atoms with Crippen LogP contribution < -0.4 is 20.7 Å². The lowest BCUT2D eigenvalue weighted by Gasteiger charge is -2.09. The summed E-state index contributed by atoms with van der Waals surface area (Å²) >= 11 is 0. The number of methoxy groups -OCH3 is 1. The lowest BCUT2D eigenvalue weighted by Crippen LogP contribution is -2.11. The van der Waals surface area contributed by atoms with Crippen molar-refractivity contribution in [3.63, 3.8) is 0 Å². The van der Waals surface area contributed by atoms with E-state index in [9.17, 15) is 0 Å². The standard InChI is InChI=1S/C14H18N4O3/c1-3-20-9-13-16-12(18-15)8-14(17-13)21-11-6-4-5-10(7-11)19-2/h4-8H,3,9,15H2,1-2H3,(H,16,17,18). The van der Waals surface area contributed by atoms with Crippen LogP contribution in [0.4, 0.5) is 5.82 Å². The number of aromatic nitrogens is 2. The average molecular weight is 290 g/mol. The maximum Gasteiger partial charge on any atom is 0.224 e. The van der Waals surface area contributed by atoms with Gasteiger partial charge in [-0.15, -0.1) is 0 Å². The third kappa shape index (κ3) is 4.30. The SMILES string of the molecule is CCOCc1nc(NN)cc(Oc2cccc(OC)c2)n1. The predicted molar refractivity (Wildman–Crippen MR) is 78.2 cm³/mol. The first kappa shape index (κ1) is 15.0. The largest absolute Gasteiger partial charge is 0.497 e. The molecule has 0 aliphatic carbocycles. The number of ether oxygens (including phenoxy) is 3. The maximum absolute atomic E-state index is 5.70. The molecule has 0 radical (unpaired) electrons. The molecule has 1 aromatic carbocycles. The first-order valence-corrected chi connectivity index (χ1v) is 6.49. The number of nitrogens with one attached hydrogen (secondary N) is 1. The van der Waals surface area contributed by atoms with Crippen LogP contribution in [0, 0.1) is 0 Å². The van der Waals surface area contributed by atoms with Gasteiger partial charge in [0.2, 0.25) is 5.88 Å². The summed E-state index contributed by atoms with van der Waals surface area (Å²) in [6.07, 6.45) is 0. The van der Waals surface area contributed by atoms with Gasteiger partial charge in [0.1, 0.15) is 23.9 Å². The van der Waals surface area contributed by atoms with Crippen molar-refractivity contribution < 1.29 is 14.2 Å².